The SMILES string of the molecule is Cc1cccc2nc(C(=O)NCCCN3CCOCC3)cn12. The van der Waals surface area contributed by atoms with Crippen LogP contribution in [0.4, 0.5) is 0 Å². The quantitative estimate of drug-likeness (QED) is 0.840. The van der Waals surface area contributed by atoms with Crippen LogP contribution in [0.5, 0.6) is 0 Å². The highest BCUT2D eigenvalue weighted by Gasteiger charge is 2.12. The predicted molar refractivity (Wildman–Crippen MR) is 84.1 cm³/mol. The van der Waals surface area contributed by atoms with Crippen molar-refractivity contribution in [2.45, 2.75) is 13.3 Å². The van der Waals surface area contributed by atoms with Gasteiger partial charge in [-0.05, 0) is 32.0 Å². The van der Waals surface area contributed by atoms with Gasteiger partial charge in [0, 0.05) is 31.5 Å². The Kier molecular flexibility index (Phi) is 4.70. The Balaban J connectivity index is 1.49. The van der Waals surface area contributed by atoms with Crippen molar-refractivity contribution in [3.63, 3.8) is 0 Å². The van der Waals surface area contributed by atoms with Gasteiger partial charge >= 0.3 is 0 Å². The zero-order valence-corrected chi connectivity index (χ0v) is 12.9. The summed E-state index contributed by atoms with van der Waals surface area (Å²) in [5.41, 5.74) is 2.34. The highest BCUT2D eigenvalue weighted by molar-refractivity contribution is 5.92. The maximum absolute atomic E-state index is 12.2. The van der Waals surface area contributed by atoms with Gasteiger partial charge in [-0.25, -0.2) is 4.98 Å². The lowest BCUT2D eigenvalue weighted by molar-refractivity contribution is 0.0374. The number of hydrogen-bond acceptors (Lipinski definition) is 4. The molecule has 22 heavy (non-hydrogen) atoms. The molecular formula is C16H22N4O2. The van der Waals surface area contributed by atoms with Gasteiger partial charge in [0.25, 0.3) is 5.91 Å². The van der Waals surface area contributed by atoms with Crippen molar-refractivity contribution in [3.05, 3.63) is 35.8 Å². The summed E-state index contributed by atoms with van der Waals surface area (Å²) in [6.07, 6.45) is 2.74. The Bertz CT molecular complexity index is 647. The van der Waals surface area contributed by atoms with E-state index in [0.29, 0.717) is 12.2 Å². The number of carbonyl (C=O) groups excluding carboxylic acids is 1. The van der Waals surface area contributed by atoms with Crippen LogP contribution in [-0.4, -0.2) is 59.6 Å². The van der Waals surface area contributed by atoms with E-state index in [1.54, 1.807) is 6.20 Å². The molecule has 1 aliphatic rings. The van der Waals surface area contributed by atoms with Crippen LogP contribution >= 0.6 is 0 Å². The lowest BCUT2D eigenvalue weighted by atomic mass is 10.3. The molecule has 0 saturated carbocycles. The molecule has 2 aromatic rings. The molecular weight excluding hydrogens is 280 g/mol. The zero-order valence-electron chi connectivity index (χ0n) is 12.9. The Labute approximate surface area is 130 Å². The molecule has 1 amide bonds. The molecule has 118 valence electrons. The number of rotatable bonds is 5. The monoisotopic (exact) mass is 302 g/mol. The molecule has 0 spiro atoms. The van der Waals surface area contributed by atoms with Crippen LogP contribution in [0.3, 0.4) is 0 Å². The molecule has 3 rings (SSSR count). The molecule has 0 radical (unpaired) electrons. The predicted octanol–water partition coefficient (Wildman–Crippen LogP) is 1.09. The number of fused-ring (bicyclic) bond motifs is 1. The van der Waals surface area contributed by atoms with E-state index in [-0.39, 0.29) is 5.91 Å². The first-order valence-corrected chi connectivity index (χ1v) is 7.77. The molecule has 2 aromatic heterocycles. The molecule has 1 N–H and O–H groups in total. The fraction of sp³-hybridized carbons (Fsp3) is 0.500. The molecule has 3 heterocycles. The Morgan fingerprint density at radius 3 is 2.95 bits per heavy atom. The van der Waals surface area contributed by atoms with E-state index in [1.807, 2.05) is 29.5 Å². The summed E-state index contributed by atoms with van der Waals surface area (Å²) in [5, 5.41) is 2.95. The van der Waals surface area contributed by atoms with Gasteiger partial charge < -0.3 is 14.5 Å². The van der Waals surface area contributed by atoms with Crippen LogP contribution in [0.1, 0.15) is 22.6 Å². The van der Waals surface area contributed by atoms with E-state index in [1.165, 1.54) is 0 Å². The summed E-state index contributed by atoms with van der Waals surface area (Å²) in [6, 6.07) is 5.85. The minimum absolute atomic E-state index is 0.106. The number of carbonyl (C=O) groups is 1. The smallest absolute Gasteiger partial charge is 0.271 e. The van der Waals surface area contributed by atoms with Gasteiger partial charge in [-0.3, -0.25) is 9.69 Å². The number of amides is 1. The number of nitrogens with one attached hydrogen (secondary N) is 1. The van der Waals surface area contributed by atoms with Crippen LogP contribution < -0.4 is 5.32 Å². The van der Waals surface area contributed by atoms with E-state index in [0.717, 1.165) is 50.6 Å². The van der Waals surface area contributed by atoms with Gasteiger partial charge in [0.2, 0.25) is 0 Å². The Morgan fingerprint density at radius 1 is 1.36 bits per heavy atom. The highest BCUT2D eigenvalue weighted by Crippen LogP contribution is 2.08. The van der Waals surface area contributed by atoms with Crippen molar-refractivity contribution in [2.75, 3.05) is 39.4 Å². The molecule has 1 saturated heterocycles. The summed E-state index contributed by atoms with van der Waals surface area (Å²) >= 11 is 0. The third kappa shape index (κ3) is 3.45. The molecule has 0 atom stereocenters. The highest BCUT2D eigenvalue weighted by atomic mass is 16.5. The summed E-state index contributed by atoms with van der Waals surface area (Å²) in [6.45, 7) is 7.26. The number of imidazole rings is 1. The maximum atomic E-state index is 12.2. The molecule has 0 aliphatic carbocycles. The Hall–Kier alpha value is -1.92. The van der Waals surface area contributed by atoms with E-state index in [9.17, 15) is 4.79 Å². The van der Waals surface area contributed by atoms with Crippen LogP contribution in [0.25, 0.3) is 5.65 Å². The number of ether oxygens (including phenoxy) is 1. The van der Waals surface area contributed by atoms with Crippen molar-refractivity contribution in [1.29, 1.82) is 0 Å². The molecule has 0 bridgehead atoms. The fourth-order valence-electron chi connectivity index (χ4n) is 2.68. The standard InChI is InChI=1S/C16H22N4O2/c1-13-4-2-5-15-18-14(12-20(13)15)16(21)17-6-3-7-19-8-10-22-11-9-19/h2,4-5,12H,3,6-11H2,1H3,(H,17,21). The second-order valence-corrected chi connectivity index (χ2v) is 5.58. The van der Waals surface area contributed by atoms with E-state index >= 15 is 0 Å². The van der Waals surface area contributed by atoms with Crippen molar-refractivity contribution in [3.8, 4) is 0 Å². The maximum Gasteiger partial charge on any atom is 0.271 e. The molecule has 0 unspecified atom stereocenters. The lowest BCUT2D eigenvalue weighted by Crippen LogP contribution is -2.38. The number of hydrogen-bond donors (Lipinski definition) is 1. The van der Waals surface area contributed by atoms with Gasteiger partial charge in [-0.1, -0.05) is 6.07 Å². The minimum atomic E-state index is -0.106. The second-order valence-electron chi connectivity index (χ2n) is 5.58. The van der Waals surface area contributed by atoms with Crippen LogP contribution in [0.2, 0.25) is 0 Å². The summed E-state index contributed by atoms with van der Waals surface area (Å²) < 4.78 is 7.25. The van der Waals surface area contributed by atoms with Gasteiger partial charge in [0.1, 0.15) is 11.3 Å². The summed E-state index contributed by atoms with van der Waals surface area (Å²) in [5.74, 6) is -0.106. The first-order valence-electron chi connectivity index (χ1n) is 7.77. The van der Waals surface area contributed by atoms with Gasteiger partial charge in [0.15, 0.2) is 0 Å². The largest absolute Gasteiger partial charge is 0.379 e. The number of nitrogens with zero attached hydrogens (tertiary/aromatic N) is 3. The lowest BCUT2D eigenvalue weighted by Gasteiger charge is -2.26. The second kappa shape index (κ2) is 6.89. The van der Waals surface area contributed by atoms with Crippen molar-refractivity contribution < 1.29 is 9.53 Å². The number of pyridine rings is 1. The van der Waals surface area contributed by atoms with Crippen molar-refractivity contribution in [1.82, 2.24) is 19.6 Å². The van der Waals surface area contributed by atoms with Crippen LogP contribution in [0, 0.1) is 6.92 Å². The molecule has 6 heteroatoms. The third-order valence-corrected chi connectivity index (χ3v) is 3.97. The van der Waals surface area contributed by atoms with Gasteiger partial charge in [-0.2, -0.15) is 0 Å². The van der Waals surface area contributed by atoms with Crippen LogP contribution in [-0.2, 0) is 4.74 Å². The molecule has 1 fully saturated rings. The van der Waals surface area contributed by atoms with E-state index in [2.05, 4.69) is 15.2 Å². The first-order chi connectivity index (χ1) is 10.7. The zero-order chi connectivity index (χ0) is 15.4. The average molecular weight is 302 g/mol. The molecule has 6 nitrogen and oxygen atoms in total. The van der Waals surface area contributed by atoms with E-state index in [4.69, 9.17) is 4.74 Å². The van der Waals surface area contributed by atoms with Crippen LogP contribution in [0.15, 0.2) is 24.4 Å². The fourth-order valence-corrected chi connectivity index (χ4v) is 2.68. The number of aromatic nitrogens is 2. The Morgan fingerprint density at radius 2 is 2.18 bits per heavy atom. The average Bonchev–Trinajstić information content (AvgIpc) is 2.98. The summed E-state index contributed by atoms with van der Waals surface area (Å²) in [7, 11) is 0. The van der Waals surface area contributed by atoms with Crippen molar-refractivity contribution in [2.24, 2.45) is 0 Å². The van der Waals surface area contributed by atoms with Gasteiger partial charge in [-0.15, -0.1) is 0 Å². The van der Waals surface area contributed by atoms with Gasteiger partial charge in [0.05, 0.1) is 13.2 Å². The third-order valence-electron chi connectivity index (χ3n) is 3.97. The topological polar surface area (TPSA) is 58.9 Å². The molecule has 1 aliphatic heterocycles. The number of morpholine rings is 1. The minimum Gasteiger partial charge on any atom is -0.379 e. The van der Waals surface area contributed by atoms with Crippen molar-refractivity contribution >= 4 is 11.6 Å². The first kappa shape index (κ1) is 15.0. The summed E-state index contributed by atoms with van der Waals surface area (Å²) in [4.78, 5) is 18.9. The normalized spacial score (nSPS) is 16.0. The number of aryl methyl sites for hydroxylation is 1. The molecule has 0 aromatic carbocycles. The van der Waals surface area contributed by atoms with E-state index < -0.39 is 0 Å².